The molecule has 0 aliphatic rings. The van der Waals surface area contributed by atoms with Crippen LogP contribution in [0.2, 0.25) is 5.02 Å². The number of halogens is 2. The van der Waals surface area contributed by atoms with Crippen molar-refractivity contribution in [1.29, 1.82) is 0 Å². The maximum atomic E-state index is 13.6. The van der Waals surface area contributed by atoms with Gasteiger partial charge in [0.2, 0.25) is 0 Å². The largest absolute Gasteiger partial charge is 0.451 e. The predicted molar refractivity (Wildman–Crippen MR) is 87.4 cm³/mol. The summed E-state index contributed by atoms with van der Waals surface area (Å²) in [6.45, 7) is -0.586. The fourth-order valence-corrected chi connectivity index (χ4v) is 2.83. The second-order valence-electron chi connectivity index (χ2n) is 4.64. The maximum Gasteiger partial charge on any atom is 0.351 e. The molecule has 128 valence electrons. The number of rotatable bonds is 5. The Hall–Kier alpha value is -2.85. The van der Waals surface area contributed by atoms with Crippen LogP contribution < -0.4 is 5.32 Å². The highest BCUT2D eigenvalue weighted by atomic mass is 35.5. The average Bonchev–Trinajstić information content (AvgIpc) is 3.26. The Morgan fingerprint density at radius 3 is 2.96 bits per heavy atom. The van der Waals surface area contributed by atoms with Gasteiger partial charge in [-0.1, -0.05) is 11.6 Å². The number of carbonyl (C=O) groups is 2. The Kier molecular flexibility index (Phi) is 5.00. The van der Waals surface area contributed by atoms with Gasteiger partial charge in [-0.15, -0.1) is 16.4 Å². The molecule has 2 aromatic heterocycles. The number of nitrogens with zero attached hydrogens (tertiary/aromatic N) is 4. The van der Waals surface area contributed by atoms with Crippen LogP contribution in [0, 0.1) is 5.82 Å². The van der Waals surface area contributed by atoms with Crippen LogP contribution in [0.25, 0.3) is 5.69 Å². The van der Waals surface area contributed by atoms with Crippen molar-refractivity contribution in [1.82, 2.24) is 20.2 Å². The van der Waals surface area contributed by atoms with E-state index in [1.54, 1.807) is 11.4 Å². The van der Waals surface area contributed by atoms with Crippen LogP contribution in [0.5, 0.6) is 0 Å². The highest BCUT2D eigenvalue weighted by molar-refractivity contribution is 7.12. The van der Waals surface area contributed by atoms with E-state index in [-0.39, 0.29) is 15.6 Å². The lowest BCUT2D eigenvalue weighted by Crippen LogP contribution is -2.21. The number of aromatic nitrogens is 4. The number of nitrogens with one attached hydrogen (secondary N) is 1. The second-order valence-corrected chi connectivity index (χ2v) is 5.99. The highest BCUT2D eigenvalue weighted by Gasteiger charge is 2.18. The Labute approximate surface area is 149 Å². The van der Waals surface area contributed by atoms with Gasteiger partial charge in [0.25, 0.3) is 5.91 Å². The smallest absolute Gasteiger partial charge is 0.351 e. The van der Waals surface area contributed by atoms with Crippen LogP contribution in [0.15, 0.2) is 36.0 Å². The zero-order chi connectivity index (χ0) is 17.8. The van der Waals surface area contributed by atoms with Gasteiger partial charge >= 0.3 is 5.97 Å². The summed E-state index contributed by atoms with van der Waals surface area (Å²) in [7, 11) is 0. The van der Waals surface area contributed by atoms with Crippen molar-refractivity contribution in [2.75, 3.05) is 11.9 Å². The van der Waals surface area contributed by atoms with E-state index < -0.39 is 24.3 Å². The van der Waals surface area contributed by atoms with E-state index in [9.17, 15) is 14.0 Å². The van der Waals surface area contributed by atoms with Crippen molar-refractivity contribution in [3.8, 4) is 5.69 Å². The van der Waals surface area contributed by atoms with E-state index >= 15 is 0 Å². The molecule has 0 fully saturated rings. The lowest BCUT2D eigenvalue weighted by molar-refractivity contribution is -0.119. The number of benzene rings is 1. The van der Waals surface area contributed by atoms with Crippen molar-refractivity contribution in [3.63, 3.8) is 0 Å². The molecule has 1 amide bonds. The number of tetrazole rings is 1. The van der Waals surface area contributed by atoms with Gasteiger partial charge in [-0.25, -0.2) is 9.18 Å². The number of esters is 1. The van der Waals surface area contributed by atoms with Gasteiger partial charge in [-0.3, -0.25) is 4.79 Å². The Bertz CT molecular complexity index is 915. The number of carbonyl (C=O) groups excluding carboxylic acids is 2. The first-order valence-corrected chi connectivity index (χ1v) is 8.03. The molecule has 0 saturated heterocycles. The van der Waals surface area contributed by atoms with Gasteiger partial charge in [0.15, 0.2) is 6.61 Å². The number of hydrogen-bond acceptors (Lipinski definition) is 7. The van der Waals surface area contributed by atoms with E-state index in [1.165, 1.54) is 23.1 Å². The number of anilines is 1. The Morgan fingerprint density at radius 2 is 2.20 bits per heavy atom. The second kappa shape index (κ2) is 7.36. The van der Waals surface area contributed by atoms with Gasteiger partial charge in [0.05, 0.1) is 11.4 Å². The molecule has 0 atom stereocenters. The third-order valence-electron chi connectivity index (χ3n) is 2.96. The Balaban J connectivity index is 1.62. The molecule has 0 aliphatic heterocycles. The lowest BCUT2D eigenvalue weighted by atomic mass is 10.3. The normalized spacial score (nSPS) is 10.5. The van der Waals surface area contributed by atoms with E-state index in [1.807, 2.05) is 0 Å². The molecule has 25 heavy (non-hydrogen) atoms. The van der Waals surface area contributed by atoms with Gasteiger partial charge in [0.1, 0.15) is 17.0 Å². The van der Waals surface area contributed by atoms with E-state index in [0.717, 1.165) is 17.4 Å². The van der Waals surface area contributed by atoms with Crippen molar-refractivity contribution in [2.45, 2.75) is 0 Å². The van der Waals surface area contributed by atoms with Crippen molar-refractivity contribution < 1.29 is 18.7 Å². The van der Waals surface area contributed by atoms with Crippen LogP contribution in [0.1, 0.15) is 9.67 Å². The molecule has 1 aromatic carbocycles. The highest BCUT2D eigenvalue weighted by Crippen LogP contribution is 2.21. The molecule has 3 aromatic rings. The average molecular weight is 382 g/mol. The quantitative estimate of drug-likeness (QED) is 0.681. The van der Waals surface area contributed by atoms with Gasteiger partial charge < -0.3 is 10.1 Å². The minimum absolute atomic E-state index is 0.0981. The number of amides is 1. The van der Waals surface area contributed by atoms with E-state index in [0.29, 0.717) is 5.69 Å². The van der Waals surface area contributed by atoms with E-state index in [4.69, 9.17) is 16.3 Å². The maximum absolute atomic E-state index is 13.6. The molecule has 3 rings (SSSR count). The molecule has 2 heterocycles. The molecule has 0 saturated carbocycles. The third-order valence-corrected chi connectivity index (χ3v) is 4.08. The summed E-state index contributed by atoms with van der Waals surface area (Å²) in [5.41, 5.74) is 0.334. The third kappa shape index (κ3) is 3.98. The molecule has 0 radical (unpaired) electrons. The summed E-state index contributed by atoms with van der Waals surface area (Å²) < 4.78 is 19.8. The van der Waals surface area contributed by atoms with Crippen molar-refractivity contribution in [3.05, 3.63) is 51.7 Å². The molecule has 0 spiro atoms. The minimum atomic E-state index is -0.720. The fraction of sp³-hybridized carbons (Fsp3) is 0.0714. The summed E-state index contributed by atoms with van der Waals surface area (Å²) >= 11 is 6.86. The monoisotopic (exact) mass is 381 g/mol. The summed E-state index contributed by atoms with van der Waals surface area (Å²) in [5.74, 6) is -2.07. The van der Waals surface area contributed by atoms with Gasteiger partial charge in [-0.05, 0) is 40.1 Å². The molecule has 0 bridgehead atoms. The first-order valence-electron chi connectivity index (χ1n) is 6.77. The number of ether oxygens (including phenoxy) is 1. The first kappa shape index (κ1) is 17.0. The molecule has 0 aliphatic carbocycles. The lowest BCUT2D eigenvalue weighted by Gasteiger charge is -2.08. The van der Waals surface area contributed by atoms with Gasteiger partial charge in [-0.2, -0.15) is 4.68 Å². The molecular formula is C14H9ClFN5O3S. The van der Waals surface area contributed by atoms with E-state index in [2.05, 4.69) is 20.8 Å². The van der Waals surface area contributed by atoms with Gasteiger partial charge in [0, 0.05) is 5.02 Å². The molecule has 0 unspecified atom stereocenters. The van der Waals surface area contributed by atoms with Crippen LogP contribution >= 0.6 is 22.9 Å². The summed E-state index contributed by atoms with van der Waals surface area (Å²) in [6, 6.07) is 5.36. The van der Waals surface area contributed by atoms with Crippen molar-refractivity contribution in [2.24, 2.45) is 0 Å². The number of hydrogen-bond donors (Lipinski definition) is 1. The van der Waals surface area contributed by atoms with Crippen LogP contribution in [0.3, 0.4) is 0 Å². The SMILES string of the molecule is O=C(COC(=O)c1sccc1-n1cnnn1)Nc1cc(Cl)ccc1F. The van der Waals surface area contributed by atoms with Crippen LogP contribution in [-0.2, 0) is 9.53 Å². The molecule has 1 N–H and O–H groups in total. The first-order chi connectivity index (χ1) is 12.0. The minimum Gasteiger partial charge on any atom is -0.451 e. The van der Waals surface area contributed by atoms with Crippen molar-refractivity contribution >= 4 is 40.5 Å². The number of thiophene rings is 1. The zero-order valence-electron chi connectivity index (χ0n) is 12.3. The summed E-state index contributed by atoms with van der Waals surface area (Å²) in [6.07, 6.45) is 1.33. The predicted octanol–water partition coefficient (Wildman–Crippen LogP) is 2.31. The fourth-order valence-electron chi connectivity index (χ4n) is 1.88. The molecule has 11 heteroatoms. The summed E-state index contributed by atoms with van der Waals surface area (Å²) in [5, 5.41) is 14.9. The standard InChI is InChI=1S/C14H9ClFN5O3S/c15-8-1-2-9(16)10(5-8)18-12(22)6-24-14(23)13-11(3-4-25-13)21-7-17-19-20-21/h1-5,7H,6H2,(H,18,22). The Morgan fingerprint density at radius 1 is 1.36 bits per heavy atom. The zero-order valence-corrected chi connectivity index (χ0v) is 13.9. The van der Waals surface area contributed by atoms with Crippen LogP contribution in [0.4, 0.5) is 10.1 Å². The molecule has 8 nitrogen and oxygen atoms in total. The molecular weight excluding hydrogens is 373 g/mol. The summed E-state index contributed by atoms with van der Waals surface area (Å²) in [4.78, 5) is 24.2. The van der Waals surface area contributed by atoms with Crippen LogP contribution in [-0.4, -0.2) is 38.7 Å². The topological polar surface area (TPSA) is 99.0 Å².